The van der Waals surface area contributed by atoms with E-state index in [1.807, 2.05) is 6.26 Å². The number of carbonyl (C=O) groups excluding carboxylic acids is 2. The Labute approximate surface area is 146 Å². The molecule has 2 aromatic carbocycles. The minimum atomic E-state index is -4.50. The van der Waals surface area contributed by atoms with Gasteiger partial charge in [0, 0.05) is 10.6 Å². The first kappa shape index (κ1) is 18.9. The molecule has 8 heteroatoms. The van der Waals surface area contributed by atoms with Gasteiger partial charge in [0.2, 0.25) is 0 Å². The molecule has 1 N–H and O–H groups in total. The highest BCUT2D eigenvalue weighted by Gasteiger charge is 2.30. The Morgan fingerprint density at radius 1 is 1.12 bits per heavy atom. The topological polar surface area (TPSA) is 55.4 Å². The summed E-state index contributed by atoms with van der Waals surface area (Å²) in [6.07, 6.45) is -2.61. The zero-order chi connectivity index (χ0) is 18.4. The number of ether oxygens (including phenoxy) is 1. The molecule has 0 aliphatic carbocycles. The number of benzene rings is 2. The molecular formula is C17H14F3NO3S. The number of nitrogens with one attached hydrogen (secondary N) is 1. The number of halogens is 3. The molecule has 0 radical (unpaired) electrons. The Morgan fingerprint density at radius 2 is 1.80 bits per heavy atom. The highest BCUT2D eigenvalue weighted by atomic mass is 32.2. The summed E-state index contributed by atoms with van der Waals surface area (Å²) in [6, 6.07) is 10.8. The van der Waals surface area contributed by atoms with E-state index in [0.29, 0.717) is 0 Å². The van der Waals surface area contributed by atoms with Crippen molar-refractivity contribution in [3.8, 4) is 0 Å². The minimum Gasteiger partial charge on any atom is -0.452 e. The second kappa shape index (κ2) is 8.06. The monoisotopic (exact) mass is 369 g/mol. The number of alkyl halides is 3. The fourth-order valence-corrected chi connectivity index (χ4v) is 2.32. The number of carbonyl (C=O) groups is 2. The number of hydrogen-bond donors (Lipinski definition) is 1. The molecule has 0 aliphatic heterocycles. The summed E-state index contributed by atoms with van der Waals surface area (Å²) in [4.78, 5) is 24.5. The van der Waals surface area contributed by atoms with Crippen LogP contribution in [0.25, 0.3) is 0 Å². The number of amides is 1. The van der Waals surface area contributed by atoms with Gasteiger partial charge in [0.05, 0.1) is 11.1 Å². The van der Waals surface area contributed by atoms with E-state index in [2.05, 4.69) is 5.32 Å². The molecule has 1 amide bonds. The lowest BCUT2D eigenvalue weighted by molar-refractivity contribution is -0.137. The molecule has 2 rings (SSSR count). The van der Waals surface area contributed by atoms with Crippen LogP contribution in [0.4, 0.5) is 18.9 Å². The molecule has 0 bridgehead atoms. The van der Waals surface area contributed by atoms with Crippen LogP contribution in [0.1, 0.15) is 15.9 Å². The van der Waals surface area contributed by atoms with E-state index < -0.39 is 30.2 Å². The van der Waals surface area contributed by atoms with Crippen molar-refractivity contribution in [1.82, 2.24) is 0 Å². The zero-order valence-corrected chi connectivity index (χ0v) is 13.9. The molecular weight excluding hydrogens is 355 g/mol. The minimum absolute atomic E-state index is 0.0276. The summed E-state index contributed by atoms with van der Waals surface area (Å²) in [6.45, 7) is -0.598. The Hall–Kier alpha value is -2.48. The summed E-state index contributed by atoms with van der Waals surface area (Å²) in [5, 5.41) is 2.26. The molecule has 0 saturated carbocycles. The van der Waals surface area contributed by atoms with E-state index in [0.717, 1.165) is 17.0 Å². The molecule has 4 nitrogen and oxygen atoms in total. The van der Waals surface area contributed by atoms with Crippen LogP contribution in [-0.2, 0) is 15.7 Å². The smallest absolute Gasteiger partial charge is 0.416 e. The van der Waals surface area contributed by atoms with Gasteiger partial charge in [-0.15, -0.1) is 11.8 Å². The van der Waals surface area contributed by atoms with Crippen LogP contribution in [0.2, 0.25) is 0 Å². The summed E-state index contributed by atoms with van der Waals surface area (Å²) in [5.74, 6) is -1.42. The molecule has 0 aliphatic rings. The summed E-state index contributed by atoms with van der Waals surface area (Å²) in [7, 11) is 0. The van der Waals surface area contributed by atoms with Crippen molar-refractivity contribution in [3.05, 3.63) is 59.7 Å². The molecule has 0 spiro atoms. The molecule has 0 atom stereocenters. The van der Waals surface area contributed by atoms with E-state index in [4.69, 9.17) is 4.74 Å². The maximum Gasteiger partial charge on any atom is 0.416 e. The van der Waals surface area contributed by atoms with Crippen molar-refractivity contribution in [2.45, 2.75) is 11.1 Å². The van der Waals surface area contributed by atoms with Crippen molar-refractivity contribution in [2.75, 3.05) is 18.2 Å². The molecule has 2 aromatic rings. The molecule has 132 valence electrons. The van der Waals surface area contributed by atoms with Crippen LogP contribution >= 0.6 is 11.8 Å². The van der Waals surface area contributed by atoms with Gasteiger partial charge in [-0.25, -0.2) is 4.79 Å². The van der Waals surface area contributed by atoms with Crippen LogP contribution in [0, 0.1) is 0 Å². The third-order valence-corrected chi connectivity index (χ3v) is 3.88. The maximum atomic E-state index is 12.6. The van der Waals surface area contributed by atoms with E-state index in [9.17, 15) is 22.8 Å². The average Bonchev–Trinajstić information content (AvgIpc) is 2.59. The normalized spacial score (nSPS) is 11.0. The lowest BCUT2D eigenvalue weighted by atomic mass is 10.2. The van der Waals surface area contributed by atoms with Gasteiger partial charge < -0.3 is 10.1 Å². The van der Waals surface area contributed by atoms with Crippen LogP contribution in [-0.4, -0.2) is 24.7 Å². The molecule has 0 heterocycles. The van der Waals surface area contributed by atoms with Gasteiger partial charge in [-0.2, -0.15) is 13.2 Å². The number of hydrogen-bond acceptors (Lipinski definition) is 4. The third-order valence-electron chi connectivity index (χ3n) is 3.13. The van der Waals surface area contributed by atoms with Crippen LogP contribution in [0.3, 0.4) is 0 Å². The van der Waals surface area contributed by atoms with E-state index in [-0.39, 0.29) is 11.3 Å². The summed E-state index contributed by atoms with van der Waals surface area (Å²) in [5.41, 5.74) is -0.624. The van der Waals surface area contributed by atoms with Crippen LogP contribution < -0.4 is 5.32 Å². The Kier molecular flexibility index (Phi) is 6.08. The van der Waals surface area contributed by atoms with Gasteiger partial charge in [0.1, 0.15) is 0 Å². The van der Waals surface area contributed by atoms with Crippen molar-refractivity contribution < 1.29 is 27.5 Å². The van der Waals surface area contributed by atoms with E-state index >= 15 is 0 Å². The highest BCUT2D eigenvalue weighted by Crippen LogP contribution is 2.30. The Bertz CT molecular complexity index is 760. The zero-order valence-electron chi connectivity index (χ0n) is 13.1. The van der Waals surface area contributed by atoms with Gasteiger partial charge in [-0.05, 0) is 48.7 Å². The Morgan fingerprint density at radius 3 is 2.40 bits per heavy atom. The van der Waals surface area contributed by atoms with Gasteiger partial charge in [0.25, 0.3) is 5.91 Å². The molecule has 0 fully saturated rings. The average molecular weight is 369 g/mol. The van der Waals surface area contributed by atoms with Gasteiger partial charge >= 0.3 is 12.1 Å². The Balaban J connectivity index is 1.91. The number of rotatable bonds is 5. The van der Waals surface area contributed by atoms with Crippen molar-refractivity contribution in [2.24, 2.45) is 0 Å². The highest BCUT2D eigenvalue weighted by molar-refractivity contribution is 7.98. The fourth-order valence-electron chi connectivity index (χ4n) is 1.91. The van der Waals surface area contributed by atoms with Gasteiger partial charge in [-0.1, -0.05) is 6.07 Å². The third kappa shape index (κ3) is 5.53. The van der Waals surface area contributed by atoms with Crippen molar-refractivity contribution in [1.29, 1.82) is 0 Å². The van der Waals surface area contributed by atoms with Crippen molar-refractivity contribution >= 4 is 29.3 Å². The standard InChI is InChI=1S/C17H14F3NO3S/c1-25-14-7-5-11(6-8-14)16(23)24-10-15(22)21-13-4-2-3-12(9-13)17(18,19)20/h2-9H,10H2,1H3,(H,21,22). The lowest BCUT2D eigenvalue weighted by Gasteiger charge is -2.10. The summed E-state index contributed by atoms with van der Waals surface area (Å²) < 4.78 is 42.7. The van der Waals surface area contributed by atoms with Gasteiger partial charge in [0.15, 0.2) is 6.61 Å². The van der Waals surface area contributed by atoms with E-state index in [1.54, 1.807) is 24.3 Å². The second-order valence-electron chi connectivity index (χ2n) is 4.93. The van der Waals surface area contributed by atoms with E-state index in [1.165, 1.54) is 23.9 Å². The van der Waals surface area contributed by atoms with Crippen molar-refractivity contribution in [3.63, 3.8) is 0 Å². The molecule has 25 heavy (non-hydrogen) atoms. The second-order valence-corrected chi connectivity index (χ2v) is 5.81. The lowest BCUT2D eigenvalue weighted by Crippen LogP contribution is -2.21. The predicted molar refractivity (Wildman–Crippen MR) is 88.6 cm³/mol. The van der Waals surface area contributed by atoms with Crippen LogP contribution in [0.5, 0.6) is 0 Å². The molecule has 0 unspecified atom stereocenters. The molecule has 0 saturated heterocycles. The van der Waals surface area contributed by atoms with Gasteiger partial charge in [-0.3, -0.25) is 4.79 Å². The quantitative estimate of drug-likeness (QED) is 0.633. The number of esters is 1. The largest absolute Gasteiger partial charge is 0.452 e. The first-order chi connectivity index (χ1) is 11.8. The number of thioether (sulfide) groups is 1. The first-order valence-electron chi connectivity index (χ1n) is 7.08. The maximum absolute atomic E-state index is 12.6. The predicted octanol–water partition coefficient (Wildman–Crippen LogP) is 4.22. The number of anilines is 1. The summed E-state index contributed by atoms with van der Waals surface area (Å²) >= 11 is 1.52. The van der Waals surface area contributed by atoms with Crippen LogP contribution in [0.15, 0.2) is 53.4 Å². The molecule has 0 aromatic heterocycles. The first-order valence-corrected chi connectivity index (χ1v) is 8.30. The fraction of sp³-hybridized carbons (Fsp3) is 0.176. The SMILES string of the molecule is CSc1ccc(C(=O)OCC(=O)Nc2cccc(C(F)(F)F)c2)cc1.